The molecule has 1 amide bonds. The van der Waals surface area contributed by atoms with E-state index in [1.165, 1.54) is 0 Å². The molecule has 1 atom stereocenters. The monoisotopic (exact) mass is 322 g/mol. The average Bonchev–Trinajstić information content (AvgIpc) is 2.79. The van der Waals surface area contributed by atoms with Gasteiger partial charge < -0.3 is 15.0 Å². The molecule has 0 spiro atoms. The average molecular weight is 322 g/mol. The lowest BCUT2D eigenvalue weighted by Gasteiger charge is -2.34. The lowest BCUT2D eigenvalue weighted by atomic mass is 9.92. The van der Waals surface area contributed by atoms with Crippen LogP contribution in [0.4, 0.5) is 4.79 Å². The third-order valence-corrected chi connectivity index (χ3v) is 3.87. The molecule has 1 aliphatic heterocycles. The fourth-order valence-electron chi connectivity index (χ4n) is 2.61. The number of rotatable bonds is 1. The summed E-state index contributed by atoms with van der Waals surface area (Å²) in [5.74, 6) is 0. The number of aryl methyl sites for hydroxylation is 1. The van der Waals surface area contributed by atoms with E-state index in [1.54, 1.807) is 4.90 Å². The molecular formula is C17H30N4O2. The molecule has 0 bridgehead atoms. The number of carbonyl (C=O) groups is 1. The molecule has 0 aromatic carbocycles. The van der Waals surface area contributed by atoms with E-state index in [2.05, 4.69) is 37.3 Å². The van der Waals surface area contributed by atoms with Gasteiger partial charge in [0.05, 0.1) is 17.4 Å². The number of nitrogens with one attached hydrogen (secondary N) is 1. The lowest BCUT2D eigenvalue weighted by molar-refractivity contribution is 0.0192. The number of nitrogens with zero attached hydrogens (tertiary/aromatic N) is 3. The first kappa shape index (κ1) is 17.8. The van der Waals surface area contributed by atoms with E-state index < -0.39 is 5.60 Å². The Labute approximate surface area is 139 Å². The molecular weight excluding hydrogens is 292 g/mol. The van der Waals surface area contributed by atoms with Crippen LogP contribution < -0.4 is 5.32 Å². The van der Waals surface area contributed by atoms with Crippen LogP contribution in [0.5, 0.6) is 0 Å². The quantitative estimate of drug-likeness (QED) is 0.863. The highest BCUT2D eigenvalue weighted by molar-refractivity contribution is 5.68. The fraction of sp³-hybridized carbons (Fsp3) is 0.765. The van der Waals surface area contributed by atoms with Crippen LogP contribution in [0.3, 0.4) is 0 Å². The van der Waals surface area contributed by atoms with Crippen LogP contribution in [-0.4, -0.2) is 46.0 Å². The normalized spacial score (nSPS) is 19.8. The van der Waals surface area contributed by atoms with Gasteiger partial charge in [0.15, 0.2) is 0 Å². The molecule has 6 heteroatoms. The van der Waals surface area contributed by atoms with E-state index in [1.807, 2.05) is 32.5 Å². The largest absolute Gasteiger partial charge is 0.444 e. The summed E-state index contributed by atoms with van der Waals surface area (Å²) in [6, 6.07) is 2.21. The molecule has 1 fully saturated rings. The Kier molecular flexibility index (Phi) is 4.76. The van der Waals surface area contributed by atoms with Crippen LogP contribution in [0.25, 0.3) is 0 Å². The van der Waals surface area contributed by atoms with Crippen LogP contribution in [0.15, 0.2) is 6.07 Å². The van der Waals surface area contributed by atoms with Gasteiger partial charge in [0, 0.05) is 32.1 Å². The maximum atomic E-state index is 12.3. The molecule has 0 saturated carbocycles. The Morgan fingerprint density at radius 3 is 2.48 bits per heavy atom. The van der Waals surface area contributed by atoms with Gasteiger partial charge in [-0.2, -0.15) is 5.10 Å². The first-order valence-corrected chi connectivity index (χ1v) is 8.23. The Morgan fingerprint density at radius 2 is 1.96 bits per heavy atom. The number of amides is 1. The van der Waals surface area contributed by atoms with Gasteiger partial charge in [0.1, 0.15) is 5.60 Å². The Bertz CT molecular complexity index is 566. The molecule has 2 heterocycles. The number of hydrogen-bond acceptors (Lipinski definition) is 4. The number of carbonyl (C=O) groups excluding carboxylic acids is 1. The lowest BCUT2D eigenvalue weighted by Crippen LogP contribution is -2.50. The van der Waals surface area contributed by atoms with Crippen molar-refractivity contribution in [2.75, 3.05) is 19.6 Å². The molecule has 1 N–H and O–H groups in total. The smallest absolute Gasteiger partial charge is 0.410 e. The van der Waals surface area contributed by atoms with Crippen LogP contribution in [0.1, 0.15) is 59.0 Å². The van der Waals surface area contributed by atoms with E-state index >= 15 is 0 Å². The topological polar surface area (TPSA) is 59.4 Å². The first-order chi connectivity index (χ1) is 10.5. The summed E-state index contributed by atoms with van der Waals surface area (Å²) >= 11 is 0. The predicted molar refractivity (Wildman–Crippen MR) is 90.5 cm³/mol. The van der Waals surface area contributed by atoms with Crippen molar-refractivity contribution in [1.29, 1.82) is 0 Å². The molecule has 23 heavy (non-hydrogen) atoms. The van der Waals surface area contributed by atoms with Gasteiger partial charge in [-0.25, -0.2) is 4.79 Å². The number of ether oxygens (including phenoxy) is 1. The Morgan fingerprint density at radius 1 is 1.30 bits per heavy atom. The maximum Gasteiger partial charge on any atom is 0.410 e. The predicted octanol–water partition coefficient (Wildman–Crippen LogP) is 2.60. The van der Waals surface area contributed by atoms with E-state index in [0.29, 0.717) is 13.1 Å². The number of hydrogen-bond donors (Lipinski definition) is 1. The molecule has 130 valence electrons. The summed E-state index contributed by atoms with van der Waals surface area (Å²) in [5.41, 5.74) is 1.70. The minimum atomic E-state index is -0.469. The van der Waals surface area contributed by atoms with Gasteiger partial charge in [-0.15, -0.1) is 0 Å². The molecule has 1 saturated heterocycles. The van der Waals surface area contributed by atoms with E-state index in [9.17, 15) is 4.79 Å². The fourth-order valence-corrected chi connectivity index (χ4v) is 2.61. The standard InChI is InChI=1S/C17H30N4O2/c1-16(2,3)14-10-13(20(7)19-14)12-11-21(9-8-18-12)15(22)23-17(4,5)6/h10,12,18H,8-9,11H2,1-7H3. The van der Waals surface area contributed by atoms with Gasteiger partial charge in [-0.3, -0.25) is 4.68 Å². The van der Waals surface area contributed by atoms with Crippen LogP contribution in [0.2, 0.25) is 0 Å². The Balaban J connectivity index is 2.13. The first-order valence-electron chi connectivity index (χ1n) is 8.23. The highest BCUT2D eigenvalue weighted by atomic mass is 16.6. The second-order valence-corrected chi connectivity index (χ2v) is 8.26. The van der Waals surface area contributed by atoms with Crippen LogP contribution >= 0.6 is 0 Å². The minimum Gasteiger partial charge on any atom is -0.444 e. The van der Waals surface area contributed by atoms with Gasteiger partial charge in [0.2, 0.25) is 0 Å². The van der Waals surface area contributed by atoms with Gasteiger partial charge in [-0.05, 0) is 26.8 Å². The van der Waals surface area contributed by atoms with Gasteiger partial charge in [0.25, 0.3) is 0 Å². The molecule has 6 nitrogen and oxygen atoms in total. The van der Waals surface area contributed by atoms with Gasteiger partial charge in [-0.1, -0.05) is 20.8 Å². The van der Waals surface area contributed by atoms with Crippen molar-refractivity contribution < 1.29 is 9.53 Å². The highest BCUT2D eigenvalue weighted by Crippen LogP contribution is 2.25. The summed E-state index contributed by atoms with van der Waals surface area (Å²) < 4.78 is 7.40. The second-order valence-electron chi connectivity index (χ2n) is 8.26. The number of piperazine rings is 1. The molecule has 1 aromatic heterocycles. The summed E-state index contributed by atoms with van der Waals surface area (Å²) in [6.07, 6.45) is -0.248. The highest BCUT2D eigenvalue weighted by Gasteiger charge is 2.30. The van der Waals surface area contributed by atoms with Crippen LogP contribution in [-0.2, 0) is 17.2 Å². The second kappa shape index (κ2) is 6.15. The zero-order valence-corrected chi connectivity index (χ0v) is 15.4. The van der Waals surface area contributed by atoms with Gasteiger partial charge >= 0.3 is 6.09 Å². The van der Waals surface area contributed by atoms with Crippen molar-refractivity contribution in [3.05, 3.63) is 17.5 Å². The van der Waals surface area contributed by atoms with Crippen LogP contribution in [0, 0.1) is 0 Å². The zero-order chi connectivity index (χ0) is 17.4. The summed E-state index contributed by atoms with van der Waals surface area (Å²) in [6.45, 7) is 14.1. The third-order valence-electron chi connectivity index (χ3n) is 3.87. The summed E-state index contributed by atoms with van der Waals surface area (Å²) in [5, 5.41) is 8.11. The molecule has 1 aliphatic rings. The van der Waals surface area contributed by atoms with Crippen molar-refractivity contribution in [1.82, 2.24) is 20.0 Å². The minimum absolute atomic E-state index is 0.00945. The third kappa shape index (κ3) is 4.47. The SMILES string of the molecule is Cn1nc(C(C)(C)C)cc1C1CN(C(=O)OC(C)(C)C)CCN1. The zero-order valence-electron chi connectivity index (χ0n) is 15.4. The maximum absolute atomic E-state index is 12.3. The van der Waals surface area contributed by atoms with Crippen molar-refractivity contribution in [2.45, 2.75) is 58.6 Å². The van der Waals surface area contributed by atoms with Crippen molar-refractivity contribution in [3.8, 4) is 0 Å². The summed E-state index contributed by atoms with van der Waals surface area (Å²) in [4.78, 5) is 14.1. The van der Waals surface area contributed by atoms with Crippen molar-refractivity contribution >= 4 is 6.09 Å². The Hall–Kier alpha value is -1.56. The van der Waals surface area contributed by atoms with Crippen molar-refractivity contribution in [3.63, 3.8) is 0 Å². The molecule has 0 aliphatic carbocycles. The molecule has 2 rings (SSSR count). The summed E-state index contributed by atoms with van der Waals surface area (Å²) in [7, 11) is 1.96. The molecule has 0 radical (unpaired) electrons. The molecule has 1 aromatic rings. The molecule has 1 unspecified atom stereocenters. The van der Waals surface area contributed by atoms with E-state index in [4.69, 9.17) is 4.74 Å². The van der Waals surface area contributed by atoms with E-state index in [-0.39, 0.29) is 17.6 Å². The number of aromatic nitrogens is 2. The van der Waals surface area contributed by atoms with E-state index in [0.717, 1.165) is 17.9 Å². The van der Waals surface area contributed by atoms with Crippen molar-refractivity contribution in [2.24, 2.45) is 7.05 Å².